The topological polar surface area (TPSA) is 72.9 Å². The number of hydrogen-bond acceptors (Lipinski definition) is 5. The van der Waals surface area contributed by atoms with Crippen LogP contribution in [0.1, 0.15) is 12.8 Å². The first-order valence-electron chi connectivity index (χ1n) is 8.81. The van der Waals surface area contributed by atoms with Crippen molar-refractivity contribution in [1.29, 1.82) is 0 Å². The molecule has 0 radical (unpaired) electrons. The SMILES string of the molecule is O=C([O-])[C@@H]1[C@H](C(=O)N2CCN(c3ccc(Cl)c(Cl)c3)CC2)[C@@H]2CC[C@H]1O2. The van der Waals surface area contributed by atoms with E-state index in [2.05, 4.69) is 4.90 Å². The summed E-state index contributed by atoms with van der Waals surface area (Å²) >= 11 is 12.0. The molecule has 0 spiro atoms. The monoisotopic (exact) mass is 397 g/mol. The number of nitrogens with zero attached hydrogens (tertiary/aromatic N) is 2. The Bertz CT molecular complexity index is 736. The Morgan fingerprint density at radius 2 is 1.65 bits per heavy atom. The molecule has 3 saturated heterocycles. The second-order valence-electron chi connectivity index (χ2n) is 7.07. The predicted molar refractivity (Wildman–Crippen MR) is 95.1 cm³/mol. The van der Waals surface area contributed by atoms with E-state index in [4.69, 9.17) is 27.9 Å². The van der Waals surface area contributed by atoms with Gasteiger partial charge in [0.25, 0.3) is 0 Å². The van der Waals surface area contributed by atoms with Gasteiger partial charge in [0.1, 0.15) is 0 Å². The van der Waals surface area contributed by atoms with Crippen LogP contribution in [0.5, 0.6) is 0 Å². The largest absolute Gasteiger partial charge is 0.550 e. The lowest BCUT2D eigenvalue weighted by Gasteiger charge is -2.39. The Morgan fingerprint density at radius 3 is 2.27 bits per heavy atom. The minimum Gasteiger partial charge on any atom is -0.550 e. The molecule has 0 aromatic heterocycles. The Hall–Kier alpha value is -1.50. The molecule has 1 aromatic rings. The smallest absolute Gasteiger partial charge is 0.229 e. The molecule has 0 N–H and O–H groups in total. The predicted octanol–water partition coefficient (Wildman–Crippen LogP) is 1.19. The minimum atomic E-state index is -1.18. The van der Waals surface area contributed by atoms with E-state index in [1.807, 2.05) is 12.1 Å². The van der Waals surface area contributed by atoms with E-state index >= 15 is 0 Å². The van der Waals surface area contributed by atoms with Gasteiger partial charge in [-0.05, 0) is 31.0 Å². The highest BCUT2D eigenvalue weighted by molar-refractivity contribution is 6.42. The second-order valence-corrected chi connectivity index (χ2v) is 7.89. The van der Waals surface area contributed by atoms with E-state index in [1.54, 1.807) is 11.0 Å². The fourth-order valence-electron chi connectivity index (χ4n) is 4.37. The molecule has 6 nitrogen and oxygen atoms in total. The van der Waals surface area contributed by atoms with Crippen LogP contribution in [0.15, 0.2) is 18.2 Å². The lowest BCUT2D eigenvalue weighted by atomic mass is 9.78. The molecule has 3 heterocycles. The van der Waals surface area contributed by atoms with Crippen molar-refractivity contribution in [3.05, 3.63) is 28.2 Å². The molecule has 2 bridgehead atoms. The molecule has 4 rings (SSSR count). The van der Waals surface area contributed by atoms with Gasteiger partial charge >= 0.3 is 0 Å². The summed E-state index contributed by atoms with van der Waals surface area (Å²) in [7, 11) is 0. The number of carboxylic acids is 1. The zero-order valence-electron chi connectivity index (χ0n) is 14.1. The highest BCUT2D eigenvalue weighted by atomic mass is 35.5. The summed E-state index contributed by atoms with van der Waals surface area (Å²) in [4.78, 5) is 28.3. The molecule has 8 heteroatoms. The van der Waals surface area contributed by atoms with Crippen LogP contribution in [0.3, 0.4) is 0 Å². The number of ether oxygens (including phenoxy) is 1. The van der Waals surface area contributed by atoms with Crippen molar-refractivity contribution in [2.75, 3.05) is 31.1 Å². The number of piperazine rings is 1. The third-order valence-electron chi connectivity index (χ3n) is 5.69. The van der Waals surface area contributed by atoms with Crippen LogP contribution in [0, 0.1) is 11.8 Å². The summed E-state index contributed by atoms with van der Waals surface area (Å²) in [6.45, 7) is 2.38. The molecule has 3 aliphatic heterocycles. The number of rotatable bonds is 3. The number of halogens is 2. The molecule has 4 atom stereocenters. The van der Waals surface area contributed by atoms with E-state index in [9.17, 15) is 14.7 Å². The van der Waals surface area contributed by atoms with Crippen molar-refractivity contribution < 1.29 is 19.4 Å². The summed E-state index contributed by atoms with van der Waals surface area (Å²) in [5.74, 6) is -2.74. The Balaban J connectivity index is 1.42. The van der Waals surface area contributed by atoms with Gasteiger partial charge in [-0.15, -0.1) is 0 Å². The molecular formula is C18H19Cl2N2O4-. The first kappa shape index (κ1) is 17.9. The van der Waals surface area contributed by atoms with Gasteiger partial charge in [0.15, 0.2) is 0 Å². The number of carbonyl (C=O) groups is 2. The van der Waals surface area contributed by atoms with Crippen molar-refractivity contribution in [2.45, 2.75) is 25.0 Å². The number of fused-ring (bicyclic) bond motifs is 2. The maximum Gasteiger partial charge on any atom is 0.229 e. The quantitative estimate of drug-likeness (QED) is 0.765. The van der Waals surface area contributed by atoms with Crippen molar-refractivity contribution in [3.8, 4) is 0 Å². The molecule has 3 fully saturated rings. The normalized spacial score (nSPS) is 30.7. The van der Waals surface area contributed by atoms with E-state index in [-0.39, 0.29) is 18.1 Å². The van der Waals surface area contributed by atoms with Crippen molar-refractivity contribution in [1.82, 2.24) is 4.90 Å². The number of amides is 1. The Labute approximate surface area is 161 Å². The lowest BCUT2D eigenvalue weighted by Crippen LogP contribution is -2.54. The van der Waals surface area contributed by atoms with Crippen LogP contribution in [-0.2, 0) is 14.3 Å². The summed E-state index contributed by atoms with van der Waals surface area (Å²) in [5, 5.41) is 12.5. The number of aliphatic carboxylic acids is 1. The van der Waals surface area contributed by atoms with Crippen molar-refractivity contribution >= 4 is 40.8 Å². The summed E-state index contributed by atoms with van der Waals surface area (Å²) in [6.07, 6.45) is 0.770. The summed E-state index contributed by atoms with van der Waals surface area (Å²) < 4.78 is 5.68. The first-order valence-corrected chi connectivity index (χ1v) is 9.56. The highest BCUT2D eigenvalue weighted by Gasteiger charge is 2.53. The molecular weight excluding hydrogens is 379 g/mol. The number of benzene rings is 1. The highest BCUT2D eigenvalue weighted by Crippen LogP contribution is 2.44. The molecule has 0 saturated carbocycles. The van der Waals surface area contributed by atoms with Gasteiger partial charge in [-0.2, -0.15) is 0 Å². The summed E-state index contributed by atoms with van der Waals surface area (Å²) in [5.41, 5.74) is 0.961. The van der Waals surface area contributed by atoms with Gasteiger partial charge in [0, 0.05) is 43.8 Å². The average molecular weight is 398 g/mol. The molecule has 3 aliphatic rings. The van der Waals surface area contributed by atoms with E-state index < -0.39 is 17.8 Å². The Morgan fingerprint density at radius 1 is 1.00 bits per heavy atom. The van der Waals surface area contributed by atoms with Gasteiger partial charge in [0.05, 0.1) is 28.2 Å². The van der Waals surface area contributed by atoms with Crippen molar-refractivity contribution in [3.63, 3.8) is 0 Å². The van der Waals surface area contributed by atoms with Crippen LogP contribution in [0.25, 0.3) is 0 Å². The van der Waals surface area contributed by atoms with Gasteiger partial charge in [-0.25, -0.2) is 0 Å². The zero-order valence-corrected chi connectivity index (χ0v) is 15.6. The molecule has 0 unspecified atom stereocenters. The van der Waals surface area contributed by atoms with Crippen LogP contribution in [0.4, 0.5) is 5.69 Å². The van der Waals surface area contributed by atoms with E-state index in [0.717, 1.165) is 12.1 Å². The van der Waals surface area contributed by atoms with E-state index in [1.165, 1.54) is 0 Å². The van der Waals surface area contributed by atoms with Gasteiger partial charge in [-0.3, -0.25) is 4.79 Å². The number of carboxylic acid groups (broad SMARTS) is 1. The summed E-state index contributed by atoms with van der Waals surface area (Å²) in [6, 6.07) is 5.48. The van der Waals surface area contributed by atoms with Crippen LogP contribution >= 0.6 is 23.2 Å². The number of carbonyl (C=O) groups excluding carboxylic acids is 2. The number of anilines is 1. The molecule has 140 valence electrons. The molecule has 1 aromatic carbocycles. The van der Waals surface area contributed by atoms with Crippen molar-refractivity contribution in [2.24, 2.45) is 11.8 Å². The third kappa shape index (κ3) is 3.04. The maximum atomic E-state index is 12.9. The van der Waals surface area contributed by atoms with Gasteiger partial charge < -0.3 is 24.4 Å². The lowest BCUT2D eigenvalue weighted by molar-refractivity contribution is -0.314. The fraction of sp³-hybridized carbons (Fsp3) is 0.556. The standard InChI is InChI=1S/C18H20Cl2N2O4/c19-11-2-1-10(9-12(11)20)21-5-7-22(8-6-21)17(23)15-13-3-4-14(26-13)16(15)18(24)25/h1-2,9,13-16H,3-8H2,(H,24,25)/p-1/t13-,14+,15+,16-/m0/s1. The molecule has 26 heavy (non-hydrogen) atoms. The van der Waals surface area contributed by atoms with Gasteiger partial charge in [0.2, 0.25) is 5.91 Å². The van der Waals surface area contributed by atoms with Gasteiger partial charge in [-0.1, -0.05) is 23.2 Å². The molecule has 0 aliphatic carbocycles. The maximum absolute atomic E-state index is 12.9. The van der Waals surface area contributed by atoms with Crippen LogP contribution in [0.2, 0.25) is 10.0 Å². The first-order chi connectivity index (χ1) is 12.5. The Kier molecular flexibility index (Phi) is 4.75. The second kappa shape index (κ2) is 6.91. The molecule has 1 amide bonds. The third-order valence-corrected chi connectivity index (χ3v) is 6.43. The fourth-order valence-corrected chi connectivity index (χ4v) is 4.66. The van der Waals surface area contributed by atoms with E-state index in [0.29, 0.717) is 42.6 Å². The average Bonchev–Trinajstić information content (AvgIpc) is 3.25. The van der Waals surface area contributed by atoms with Crippen LogP contribution in [-0.4, -0.2) is 55.2 Å². The zero-order chi connectivity index (χ0) is 18.4. The minimum absolute atomic E-state index is 0.125. The van der Waals surface area contributed by atoms with Crippen LogP contribution < -0.4 is 10.0 Å². The number of hydrogen-bond donors (Lipinski definition) is 0.